The number of nitrogens with zero attached hydrogens (tertiary/aromatic N) is 4. The molecule has 7 nitrogen and oxygen atoms in total. The summed E-state index contributed by atoms with van der Waals surface area (Å²) in [6, 6.07) is 7.99. The average molecular weight is 350 g/mol. The molecule has 4 heterocycles. The van der Waals surface area contributed by atoms with Gasteiger partial charge in [0.15, 0.2) is 0 Å². The van der Waals surface area contributed by atoms with Crippen LogP contribution in [-0.2, 0) is 11.3 Å². The van der Waals surface area contributed by atoms with E-state index in [4.69, 9.17) is 4.74 Å². The molecule has 3 aromatic heterocycles. The number of rotatable bonds is 5. The van der Waals surface area contributed by atoms with Gasteiger partial charge in [0.05, 0.1) is 30.7 Å². The van der Waals surface area contributed by atoms with Crippen LogP contribution in [0.4, 0.5) is 11.5 Å². The quantitative estimate of drug-likeness (QED) is 0.737. The van der Waals surface area contributed by atoms with Crippen LogP contribution >= 0.6 is 0 Å². The summed E-state index contributed by atoms with van der Waals surface area (Å²) in [5.41, 5.74) is 2.96. The van der Waals surface area contributed by atoms with Gasteiger partial charge in [0.2, 0.25) is 0 Å². The second-order valence-electron chi connectivity index (χ2n) is 6.40. The molecule has 1 aliphatic rings. The molecule has 2 N–H and O–H groups in total. The van der Waals surface area contributed by atoms with Gasteiger partial charge in [0.25, 0.3) is 0 Å². The zero-order valence-electron chi connectivity index (χ0n) is 14.7. The van der Waals surface area contributed by atoms with Gasteiger partial charge in [-0.15, -0.1) is 0 Å². The topological polar surface area (TPSA) is 79.0 Å². The maximum absolute atomic E-state index is 5.92. The number of aryl methyl sites for hydroxylation is 1. The zero-order chi connectivity index (χ0) is 17.8. The highest BCUT2D eigenvalue weighted by atomic mass is 16.5. The number of imidazole rings is 1. The predicted octanol–water partition coefficient (Wildman–Crippen LogP) is 2.83. The lowest BCUT2D eigenvalue weighted by Gasteiger charge is -2.32. The van der Waals surface area contributed by atoms with Crippen molar-refractivity contribution in [3.8, 4) is 0 Å². The zero-order valence-corrected chi connectivity index (χ0v) is 14.7. The lowest BCUT2D eigenvalue weighted by atomic mass is 10.2. The first-order valence-electron chi connectivity index (χ1n) is 8.75. The van der Waals surface area contributed by atoms with Crippen molar-refractivity contribution < 1.29 is 4.74 Å². The first-order valence-corrected chi connectivity index (χ1v) is 8.75. The summed E-state index contributed by atoms with van der Waals surface area (Å²) in [4.78, 5) is 18.7. The van der Waals surface area contributed by atoms with Gasteiger partial charge in [-0.25, -0.2) is 9.97 Å². The van der Waals surface area contributed by atoms with Crippen molar-refractivity contribution in [2.75, 3.05) is 25.0 Å². The molecule has 26 heavy (non-hydrogen) atoms. The number of hydrogen-bond acceptors (Lipinski definition) is 6. The van der Waals surface area contributed by atoms with Crippen LogP contribution in [0.1, 0.15) is 23.2 Å². The van der Waals surface area contributed by atoms with E-state index in [0.717, 1.165) is 48.2 Å². The summed E-state index contributed by atoms with van der Waals surface area (Å²) in [6.07, 6.45) is 7.22. The Morgan fingerprint density at radius 2 is 2.19 bits per heavy atom. The molecule has 134 valence electrons. The third kappa shape index (κ3) is 3.89. The maximum atomic E-state index is 5.92. The van der Waals surface area contributed by atoms with Gasteiger partial charge in [-0.05, 0) is 30.7 Å². The van der Waals surface area contributed by atoms with E-state index < -0.39 is 0 Å². The monoisotopic (exact) mass is 350 g/mol. The van der Waals surface area contributed by atoms with E-state index in [9.17, 15) is 0 Å². The molecule has 7 heteroatoms. The summed E-state index contributed by atoms with van der Waals surface area (Å²) < 4.78 is 5.92. The fourth-order valence-electron chi connectivity index (χ4n) is 3.04. The second kappa shape index (κ2) is 7.63. The van der Waals surface area contributed by atoms with E-state index in [0.29, 0.717) is 6.61 Å². The minimum absolute atomic E-state index is 0.0238. The van der Waals surface area contributed by atoms with Gasteiger partial charge in [-0.1, -0.05) is 6.07 Å². The van der Waals surface area contributed by atoms with Crippen LogP contribution in [0.5, 0.6) is 0 Å². The maximum Gasteiger partial charge on any atom is 0.133 e. The Kier molecular flexibility index (Phi) is 4.90. The molecular weight excluding hydrogens is 328 g/mol. The van der Waals surface area contributed by atoms with Crippen molar-refractivity contribution in [3.05, 3.63) is 66.1 Å². The van der Waals surface area contributed by atoms with E-state index in [1.807, 2.05) is 43.6 Å². The largest absolute Gasteiger partial charge is 0.369 e. The Bertz CT molecular complexity index is 834. The Morgan fingerprint density at radius 3 is 2.96 bits per heavy atom. The smallest absolute Gasteiger partial charge is 0.133 e. The SMILES string of the molecule is Cc1cccnc1Nc1ccc([C@H]2CN(Cc3ncc[nH]3)CCO2)nc1. The van der Waals surface area contributed by atoms with Gasteiger partial charge < -0.3 is 15.0 Å². The first-order chi connectivity index (χ1) is 12.8. The number of morpholine rings is 1. The van der Waals surface area contributed by atoms with E-state index in [2.05, 4.69) is 30.2 Å². The van der Waals surface area contributed by atoms with E-state index in [1.165, 1.54) is 0 Å². The second-order valence-corrected chi connectivity index (χ2v) is 6.40. The molecule has 4 rings (SSSR count). The van der Waals surface area contributed by atoms with Crippen molar-refractivity contribution in [2.24, 2.45) is 0 Å². The standard InChI is InChI=1S/C19H22N6O/c1-14-3-2-6-22-19(14)24-15-4-5-16(23-11-15)17-12-25(9-10-26-17)13-18-20-7-8-21-18/h2-8,11,17H,9-10,12-13H2,1H3,(H,20,21)(H,22,24)/t17-/m1/s1. The molecule has 0 aliphatic carbocycles. The molecule has 1 fully saturated rings. The number of aromatic amines is 1. The van der Waals surface area contributed by atoms with Crippen LogP contribution in [0, 0.1) is 6.92 Å². The number of anilines is 2. The Hall–Kier alpha value is -2.77. The number of nitrogens with one attached hydrogen (secondary N) is 2. The van der Waals surface area contributed by atoms with Crippen molar-refractivity contribution in [2.45, 2.75) is 19.6 Å². The molecule has 0 radical (unpaired) electrons. The minimum Gasteiger partial charge on any atom is -0.369 e. The Balaban J connectivity index is 1.40. The van der Waals surface area contributed by atoms with Gasteiger partial charge in [0, 0.05) is 31.7 Å². The lowest BCUT2D eigenvalue weighted by Crippen LogP contribution is -2.38. The van der Waals surface area contributed by atoms with Crippen molar-refractivity contribution in [1.82, 2.24) is 24.8 Å². The molecular formula is C19H22N6O. The molecule has 1 aliphatic heterocycles. The number of H-pyrrole nitrogens is 1. The fourth-order valence-corrected chi connectivity index (χ4v) is 3.04. The van der Waals surface area contributed by atoms with Gasteiger partial charge in [-0.2, -0.15) is 0 Å². The van der Waals surface area contributed by atoms with Crippen LogP contribution in [-0.4, -0.2) is 44.5 Å². The highest BCUT2D eigenvalue weighted by Gasteiger charge is 2.23. The Labute approximate surface area is 152 Å². The molecule has 1 saturated heterocycles. The summed E-state index contributed by atoms with van der Waals surface area (Å²) >= 11 is 0. The lowest BCUT2D eigenvalue weighted by molar-refractivity contribution is -0.0356. The van der Waals surface area contributed by atoms with E-state index in [1.54, 1.807) is 12.4 Å². The predicted molar refractivity (Wildman–Crippen MR) is 99.1 cm³/mol. The molecule has 0 saturated carbocycles. The minimum atomic E-state index is -0.0238. The van der Waals surface area contributed by atoms with Crippen molar-refractivity contribution in [1.29, 1.82) is 0 Å². The van der Waals surface area contributed by atoms with Crippen LogP contribution in [0.15, 0.2) is 49.1 Å². The number of aromatic nitrogens is 4. The number of pyridine rings is 2. The van der Waals surface area contributed by atoms with Crippen LogP contribution in [0.25, 0.3) is 0 Å². The first kappa shape index (κ1) is 16.7. The number of hydrogen-bond donors (Lipinski definition) is 2. The van der Waals surface area contributed by atoms with Crippen LogP contribution in [0.2, 0.25) is 0 Å². The molecule has 1 atom stereocenters. The highest BCUT2D eigenvalue weighted by Crippen LogP contribution is 2.23. The van der Waals surface area contributed by atoms with E-state index >= 15 is 0 Å². The van der Waals surface area contributed by atoms with Gasteiger partial charge in [0.1, 0.15) is 17.7 Å². The van der Waals surface area contributed by atoms with Gasteiger partial charge in [-0.3, -0.25) is 9.88 Å². The molecule has 3 aromatic rings. The highest BCUT2D eigenvalue weighted by molar-refractivity contribution is 5.57. The fraction of sp³-hybridized carbons (Fsp3) is 0.316. The molecule has 0 bridgehead atoms. The number of ether oxygens (including phenoxy) is 1. The molecule has 0 unspecified atom stereocenters. The molecule has 0 aromatic carbocycles. The summed E-state index contributed by atoms with van der Waals surface area (Å²) in [6.45, 7) is 5.22. The summed E-state index contributed by atoms with van der Waals surface area (Å²) in [5, 5.41) is 3.30. The third-order valence-electron chi connectivity index (χ3n) is 4.47. The molecule has 0 spiro atoms. The van der Waals surface area contributed by atoms with E-state index in [-0.39, 0.29) is 6.10 Å². The van der Waals surface area contributed by atoms with Gasteiger partial charge >= 0.3 is 0 Å². The summed E-state index contributed by atoms with van der Waals surface area (Å²) in [7, 11) is 0. The van der Waals surface area contributed by atoms with Crippen molar-refractivity contribution >= 4 is 11.5 Å². The summed E-state index contributed by atoms with van der Waals surface area (Å²) in [5.74, 6) is 1.82. The van der Waals surface area contributed by atoms with Crippen LogP contribution in [0.3, 0.4) is 0 Å². The third-order valence-corrected chi connectivity index (χ3v) is 4.47. The Morgan fingerprint density at radius 1 is 1.23 bits per heavy atom. The van der Waals surface area contributed by atoms with Crippen molar-refractivity contribution in [3.63, 3.8) is 0 Å². The molecule has 0 amide bonds. The van der Waals surface area contributed by atoms with Crippen LogP contribution < -0.4 is 5.32 Å². The average Bonchev–Trinajstić information content (AvgIpc) is 3.17. The normalized spacial score (nSPS) is 18.0.